The molecule has 6 heteroatoms. The number of benzene rings is 2. The van der Waals surface area contributed by atoms with E-state index in [1.807, 2.05) is 37.3 Å². The molecule has 136 valence electrons. The summed E-state index contributed by atoms with van der Waals surface area (Å²) in [6.07, 6.45) is -0.893. The van der Waals surface area contributed by atoms with E-state index in [-0.39, 0.29) is 18.6 Å². The molecular formula is C20H21NO5. The first-order valence-electron chi connectivity index (χ1n) is 8.48. The number of esters is 1. The zero-order valence-electron chi connectivity index (χ0n) is 14.7. The van der Waals surface area contributed by atoms with E-state index in [1.54, 1.807) is 25.1 Å². The van der Waals surface area contributed by atoms with E-state index in [1.165, 1.54) is 0 Å². The molecule has 1 aliphatic heterocycles. The summed E-state index contributed by atoms with van der Waals surface area (Å²) in [7, 11) is 0. The molecule has 26 heavy (non-hydrogen) atoms. The smallest absolute Gasteiger partial charge is 0.339 e. The molecule has 0 bridgehead atoms. The summed E-state index contributed by atoms with van der Waals surface area (Å²) in [5.74, 6) is 0.330. The number of hydrogen-bond acceptors (Lipinski definition) is 5. The van der Waals surface area contributed by atoms with Crippen molar-refractivity contribution in [1.82, 2.24) is 5.32 Å². The number of ether oxygens (including phenoxy) is 3. The Kier molecular flexibility index (Phi) is 5.41. The predicted octanol–water partition coefficient (Wildman–Crippen LogP) is 2.88. The maximum atomic E-state index is 12.2. The van der Waals surface area contributed by atoms with Crippen molar-refractivity contribution in [2.45, 2.75) is 25.9 Å². The van der Waals surface area contributed by atoms with Crippen molar-refractivity contribution in [2.75, 3.05) is 13.3 Å². The average Bonchev–Trinajstić information content (AvgIpc) is 3.14. The number of fused-ring (bicyclic) bond motifs is 1. The Balaban J connectivity index is 1.51. The SMILES string of the molecule is CC(OC(=O)c1ccc2c(c1)OCO2)C(=O)NCC(C)c1ccccc1. The Morgan fingerprint density at radius 1 is 1.08 bits per heavy atom. The fourth-order valence-electron chi connectivity index (χ4n) is 2.60. The van der Waals surface area contributed by atoms with Gasteiger partial charge in [-0.25, -0.2) is 4.79 Å². The van der Waals surface area contributed by atoms with Gasteiger partial charge in [-0.3, -0.25) is 4.79 Å². The molecular weight excluding hydrogens is 334 g/mol. The molecule has 3 rings (SSSR count). The lowest BCUT2D eigenvalue weighted by Gasteiger charge is -2.16. The van der Waals surface area contributed by atoms with Crippen molar-refractivity contribution in [3.63, 3.8) is 0 Å². The third-order valence-corrected chi connectivity index (χ3v) is 4.21. The number of amides is 1. The van der Waals surface area contributed by atoms with Crippen molar-refractivity contribution in [3.8, 4) is 11.5 Å². The van der Waals surface area contributed by atoms with Crippen molar-refractivity contribution in [1.29, 1.82) is 0 Å². The molecule has 1 aliphatic rings. The molecule has 0 radical (unpaired) electrons. The molecule has 1 N–H and O–H groups in total. The summed E-state index contributed by atoms with van der Waals surface area (Å²) >= 11 is 0. The highest BCUT2D eigenvalue weighted by atomic mass is 16.7. The number of carbonyl (C=O) groups excluding carboxylic acids is 2. The summed E-state index contributed by atoms with van der Waals surface area (Å²) in [5, 5.41) is 2.82. The summed E-state index contributed by atoms with van der Waals surface area (Å²) < 4.78 is 15.7. The van der Waals surface area contributed by atoms with Gasteiger partial charge in [0.05, 0.1) is 5.56 Å². The van der Waals surface area contributed by atoms with Gasteiger partial charge < -0.3 is 19.5 Å². The first kappa shape index (κ1) is 17.8. The zero-order valence-corrected chi connectivity index (χ0v) is 14.7. The molecule has 0 aromatic heterocycles. The third kappa shape index (κ3) is 4.14. The van der Waals surface area contributed by atoms with Crippen LogP contribution in [-0.2, 0) is 9.53 Å². The van der Waals surface area contributed by atoms with Crippen molar-refractivity contribution in [2.24, 2.45) is 0 Å². The van der Waals surface area contributed by atoms with Crippen LogP contribution in [0.15, 0.2) is 48.5 Å². The Hall–Kier alpha value is -3.02. The topological polar surface area (TPSA) is 73.9 Å². The Labute approximate surface area is 152 Å². The van der Waals surface area contributed by atoms with Crippen LogP contribution in [0.25, 0.3) is 0 Å². The Morgan fingerprint density at radius 2 is 1.81 bits per heavy atom. The van der Waals surface area contributed by atoms with Gasteiger partial charge in [0.2, 0.25) is 6.79 Å². The fraction of sp³-hybridized carbons (Fsp3) is 0.300. The first-order chi connectivity index (χ1) is 12.5. The maximum Gasteiger partial charge on any atom is 0.339 e. The van der Waals surface area contributed by atoms with Gasteiger partial charge in [0, 0.05) is 6.54 Å². The van der Waals surface area contributed by atoms with Crippen molar-refractivity contribution in [3.05, 3.63) is 59.7 Å². The van der Waals surface area contributed by atoms with E-state index in [0.717, 1.165) is 5.56 Å². The van der Waals surface area contributed by atoms with Gasteiger partial charge in [0.15, 0.2) is 17.6 Å². The van der Waals surface area contributed by atoms with Gasteiger partial charge in [-0.15, -0.1) is 0 Å². The summed E-state index contributed by atoms with van der Waals surface area (Å²) in [6, 6.07) is 14.7. The van der Waals surface area contributed by atoms with Crippen LogP contribution in [0.2, 0.25) is 0 Å². The van der Waals surface area contributed by atoms with Crippen LogP contribution in [0, 0.1) is 0 Å². The number of carbonyl (C=O) groups is 2. The lowest BCUT2D eigenvalue weighted by atomic mass is 10.0. The van der Waals surface area contributed by atoms with Gasteiger partial charge in [-0.2, -0.15) is 0 Å². The van der Waals surface area contributed by atoms with Gasteiger partial charge >= 0.3 is 5.97 Å². The first-order valence-corrected chi connectivity index (χ1v) is 8.48. The van der Waals surface area contributed by atoms with Crippen LogP contribution in [0.5, 0.6) is 11.5 Å². The quantitative estimate of drug-likeness (QED) is 0.807. The molecule has 2 aromatic carbocycles. The second-order valence-corrected chi connectivity index (χ2v) is 6.17. The maximum absolute atomic E-state index is 12.2. The minimum absolute atomic E-state index is 0.131. The minimum atomic E-state index is -0.893. The van der Waals surface area contributed by atoms with E-state index in [4.69, 9.17) is 14.2 Å². The lowest BCUT2D eigenvalue weighted by Crippen LogP contribution is -2.37. The van der Waals surface area contributed by atoms with E-state index < -0.39 is 12.1 Å². The number of nitrogens with one attached hydrogen (secondary N) is 1. The summed E-state index contributed by atoms with van der Waals surface area (Å²) in [6.45, 7) is 4.17. The summed E-state index contributed by atoms with van der Waals surface area (Å²) in [4.78, 5) is 24.4. The molecule has 1 amide bonds. The molecule has 0 aliphatic carbocycles. The number of hydrogen-bond donors (Lipinski definition) is 1. The second-order valence-electron chi connectivity index (χ2n) is 6.17. The Morgan fingerprint density at radius 3 is 2.58 bits per heavy atom. The molecule has 0 saturated heterocycles. The van der Waals surface area contributed by atoms with Crippen LogP contribution in [0.4, 0.5) is 0 Å². The largest absolute Gasteiger partial charge is 0.454 e. The molecule has 2 aromatic rings. The fourth-order valence-corrected chi connectivity index (χ4v) is 2.60. The minimum Gasteiger partial charge on any atom is -0.454 e. The van der Waals surface area contributed by atoms with E-state index in [0.29, 0.717) is 23.6 Å². The molecule has 0 saturated carbocycles. The summed E-state index contributed by atoms with van der Waals surface area (Å²) in [5.41, 5.74) is 1.45. The third-order valence-electron chi connectivity index (χ3n) is 4.21. The van der Waals surface area contributed by atoms with Crippen LogP contribution >= 0.6 is 0 Å². The van der Waals surface area contributed by atoms with Crippen molar-refractivity contribution >= 4 is 11.9 Å². The van der Waals surface area contributed by atoms with Gasteiger partial charge in [0.25, 0.3) is 5.91 Å². The highest BCUT2D eigenvalue weighted by Crippen LogP contribution is 2.32. The highest BCUT2D eigenvalue weighted by molar-refractivity contribution is 5.92. The van der Waals surface area contributed by atoms with Crippen LogP contribution in [0.1, 0.15) is 35.7 Å². The van der Waals surface area contributed by atoms with E-state index in [2.05, 4.69) is 5.32 Å². The van der Waals surface area contributed by atoms with Gasteiger partial charge in [-0.05, 0) is 36.6 Å². The molecule has 0 fully saturated rings. The van der Waals surface area contributed by atoms with E-state index >= 15 is 0 Å². The van der Waals surface area contributed by atoms with Gasteiger partial charge in [0.1, 0.15) is 0 Å². The van der Waals surface area contributed by atoms with Crippen LogP contribution < -0.4 is 14.8 Å². The molecule has 2 atom stereocenters. The molecule has 1 heterocycles. The van der Waals surface area contributed by atoms with Crippen LogP contribution in [-0.4, -0.2) is 31.3 Å². The normalized spacial score (nSPS) is 14.4. The van der Waals surface area contributed by atoms with Crippen molar-refractivity contribution < 1.29 is 23.8 Å². The zero-order chi connectivity index (χ0) is 18.5. The Bertz CT molecular complexity index is 790. The molecule has 6 nitrogen and oxygen atoms in total. The van der Waals surface area contributed by atoms with Gasteiger partial charge in [-0.1, -0.05) is 37.3 Å². The molecule has 0 spiro atoms. The molecule has 2 unspecified atom stereocenters. The monoisotopic (exact) mass is 355 g/mol. The average molecular weight is 355 g/mol. The van der Waals surface area contributed by atoms with E-state index in [9.17, 15) is 9.59 Å². The van der Waals surface area contributed by atoms with Crippen LogP contribution in [0.3, 0.4) is 0 Å². The predicted molar refractivity (Wildman–Crippen MR) is 95.3 cm³/mol. The lowest BCUT2D eigenvalue weighted by molar-refractivity contribution is -0.129. The standard InChI is InChI=1S/C20H21NO5/c1-13(15-6-4-3-5-7-15)11-21-19(22)14(2)26-20(23)16-8-9-17-18(10-16)25-12-24-17/h3-10,13-14H,11-12H2,1-2H3,(H,21,22). The highest BCUT2D eigenvalue weighted by Gasteiger charge is 2.22. The number of rotatable bonds is 6. The second kappa shape index (κ2) is 7.91.